The molecule has 3 atom stereocenters. The van der Waals surface area contributed by atoms with Gasteiger partial charge in [-0.25, -0.2) is 0 Å². The highest BCUT2D eigenvalue weighted by molar-refractivity contribution is 5.77. The van der Waals surface area contributed by atoms with Crippen molar-refractivity contribution in [1.29, 1.82) is 0 Å². The van der Waals surface area contributed by atoms with Gasteiger partial charge in [-0.2, -0.15) is 0 Å². The summed E-state index contributed by atoms with van der Waals surface area (Å²) in [5, 5.41) is 23.9. The van der Waals surface area contributed by atoms with Gasteiger partial charge in [0.15, 0.2) is 0 Å². The third-order valence-corrected chi connectivity index (χ3v) is 12.7. The number of carbonyl (C=O) groups is 2. The van der Waals surface area contributed by atoms with Crippen molar-refractivity contribution in [2.24, 2.45) is 0 Å². The number of esters is 1. The topological polar surface area (TPSA) is 95.9 Å². The number of allylic oxidation sites excluding steroid dienone is 18. The van der Waals surface area contributed by atoms with Crippen molar-refractivity contribution in [3.8, 4) is 0 Å². The van der Waals surface area contributed by atoms with E-state index in [1.54, 1.807) is 0 Å². The SMILES string of the molecule is CC/C=C\C/C=C\C/C=C\C/C=C\C/C=C\CCCCCC(=O)OC(CCCCC/C=C/C=C/C=C/C=C/CCCCC)CC(=O)NC(CO)C(O)CCCCCCCCCCCCCCCCCC. The van der Waals surface area contributed by atoms with E-state index in [0.717, 1.165) is 109 Å². The van der Waals surface area contributed by atoms with Crippen LogP contribution in [-0.4, -0.2) is 46.9 Å². The van der Waals surface area contributed by atoms with E-state index in [4.69, 9.17) is 4.74 Å². The molecule has 6 nitrogen and oxygen atoms in total. The first-order valence-corrected chi connectivity index (χ1v) is 29.2. The summed E-state index contributed by atoms with van der Waals surface area (Å²) < 4.78 is 5.93. The second kappa shape index (κ2) is 56.4. The molecule has 0 spiro atoms. The van der Waals surface area contributed by atoms with Crippen molar-refractivity contribution >= 4 is 11.9 Å². The number of hydrogen-bond donors (Lipinski definition) is 3. The Labute approximate surface area is 432 Å². The number of aliphatic hydroxyl groups excluding tert-OH is 2. The van der Waals surface area contributed by atoms with E-state index in [-0.39, 0.29) is 24.9 Å². The molecule has 70 heavy (non-hydrogen) atoms. The lowest BCUT2D eigenvalue weighted by atomic mass is 10.0. The van der Waals surface area contributed by atoms with Crippen LogP contribution in [0, 0.1) is 0 Å². The highest BCUT2D eigenvalue weighted by atomic mass is 16.5. The van der Waals surface area contributed by atoms with Crippen molar-refractivity contribution in [2.75, 3.05) is 6.61 Å². The average Bonchev–Trinajstić information content (AvgIpc) is 3.35. The summed E-state index contributed by atoms with van der Waals surface area (Å²) in [7, 11) is 0. The molecule has 0 aromatic carbocycles. The Morgan fingerprint density at radius 3 is 1.33 bits per heavy atom. The van der Waals surface area contributed by atoms with E-state index < -0.39 is 18.2 Å². The molecule has 0 aliphatic heterocycles. The fourth-order valence-corrected chi connectivity index (χ4v) is 8.29. The normalized spacial score (nSPS) is 14.0. The first-order chi connectivity index (χ1) is 34.5. The Balaban J connectivity index is 4.71. The average molecular weight is 973 g/mol. The predicted octanol–water partition coefficient (Wildman–Crippen LogP) is 18.2. The minimum absolute atomic E-state index is 0.0320. The van der Waals surface area contributed by atoms with Gasteiger partial charge in [0.2, 0.25) is 5.91 Å². The summed E-state index contributed by atoms with van der Waals surface area (Å²) in [4.78, 5) is 26.3. The molecule has 3 unspecified atom stereocenters. The smallest absolute Gasteiger partial charge is 0.306 e. The number of carbonyl (C=O) groups excluding carboxylic acids is 2. The predicted molar refractivity (Wildman–Crippen MR) is 305 cm³/mol. The van der Waals surface area contributed by atoms with E-state index in [1.165, 1.54) is 103 Å². The standard InChI is InChI=1S/C64H109NO5/c1-4-7-10-13-16-19-22-25-28-31-32-33-36-39-42-45-48-51-54-57-64(69)70-60(55-52-49-46-43-40-37-34-29-26-23-20-17-14-11-8-5-2)58-63(68)65-61(59-66)62(67)56-53-50-47-44-41-38-35-30-27-24-21-18-15-12-9-6-3/h7,10,16-17,19-20,23,25-26,28-29,32-34,37,39-40,42,60-62,66-67H,4-6,8-9,11-15,18,21-22,24,27,30-31,35-36,38,41,43-59H2,1-3H3,(H,65,68)/b10-7-,19-16-,20-17+,26-23+,28-25-,33-32-,34-29+,40-37+,42-39-. The minimum atomic E-state index is -0.813. The number of aliphatic hydroxyl groups is 2. The van der Waals surface area contributed by atoms with Gasteiger partial charge in [0.1, 0.15) is 6.10 Å². The van der Waals surface area contributed by atoms with Gasteiger partial charge in [-0.15, -0.1) is 0 Å². The monoisotopic (exact) mass is 972 g/mol. The van der Waals surface area contributed by atoms with Gasteiger partial charge in [0, 0.05) is 6.42 Å². The molecule has 6 heteroatoms. The van der Waals surface area contributed by atoms with E-state index in [9.17, 15) is 19.8 Å². The van der Waals surface area contributed by atoms with Gasteiger partial charge >= 0.3 is 5.97 Å². The lowest BCUT2D eigenvalue weighted by Gasteiger charge is -2.24. The molecule has 0 aromatic heterocycles. The number of unbranched alkanes of at least 4 members (excludes halogenated alkanes) is 24. The van der Waals surface area contributed by atoms with Crippen molar-refractivity contribution < 1.29 is 24.5 Å². The molecule has 0 aliphatic rings. The number of hydrogen-bond acceptors (Lipinski definition) is 5. The van der Waals surface area contributed by atoms with Crippen LogP contribution in [0.25, 0.3) is 0 Å². The van der Waals surface area contributed by atoms with E-state index in [2.05, 4.69) is 129 Å². The minimum Gasteiger partial charge on any atom is -0.462 e. The number of nitrogens with one attached hydrogen (secondary N) is 1. The van der Waals surface area contributed by atoms with E-state index in [1.807, 2.05) is 6.08 Å². The van der Waals surface area contributed by atoms with Crippen LogP contribution in [0.2, 0.25) is 0 Å². The molecule has 1 amide bonds. The third kappa shape index (κ3) is 50.9. The van der Waals surface area contributed by atoms with Crippen molar-refractivity contribution in [1.82, 2.24) is 5.32 Å². The van der Waals surface area contributed by atoms with Crippen LogP contribution >= 0.6 is 0 Å². The van der Waals surface area contributed by atoms with E-state index >= 15 is 0 Å². The van der Waals surface area contributed by atoms with Crippen molar-refractivity contribution in [3.05, 3.63) is 109 Å². The fraction of sp³-hybridized carbons (Fsp3) is 0.688. The molecule has 0 aliphatic carbocycles. The van der Waals surface area contributed by atoms with Crippen LogP contribution in [0.4, 0.5) is 0 Å². The Kier molecular flexibility index (Phi) is 53.6. The van der Waals surface area contributed by atoms with Crippen LogP contribution in [-0.2, 0) is 14.3 Å². The van der Waals surface area contributed by atoms with Crippen LogP contribution in [0.1, 0.15) is 258 Å². The summed E-state index contributed by atoms with van der Waals surface area (Å²) in [6.45, 7) is 6.33. The maximum atomic E-state index is 13.3. The Morgan fingerprint density at radius 2 is 0.829 bits per heavy atom. The van der Waals surface area contributed by atoms with Crippen molar-refractivity contribution in [3.63, 3.8) is 0 Å². The fourth-order valence-electron chi connectivity index (χ4n) is 8.29. The lowest BCUT2D eigenvalue weighted by Crippen LogP contribution is -2.46. The van der Waals surface area contributed by atoms with Gasteiger partial charge < -0.3 is 20.3 Å². The van der Waals surface area contributed by atoms with E-state index in [0.29, 0.717) is 19.3 Å². The highest BCUT2D eigenvalue weighted by Crippen LogP contribution is 2.17. The number of rotatable bonds is 51. The van der Waals surface area contributed by atoms with Crippen LogP contribution in [0.5, 0.6) is 0 Å². The summed E-state index contributed by atoms with van der Waals surface area (Å²) in [6.07, 6.45) is 77.2. The maximum Gasteiger partial charge on any atom is 0.306 e. The zero-order chi connectivity index (χ0) is 50.9. The summed E-state index contributed by atoms with van der Waals surface area (Å²) >= 11 is 0. The molecular weight excluding hydrogens is 863 g/mol. The Hall–Kier alpha value is -3.48. The molecule has 400 valence electrons. The second-order valence-electron chi connectivity index (χ2n) is 19.4. The molecule has 3 N–H and O–H groups in total. The van der Waals surface area contributed by atoms with Gasteiger partial charge in [-0.05, 0) is 96.3 Å². The highest BCUT2D eigenvalue weighted by Gasteiger charge is 2.24. The van der Waals surface area contributed by atoms with Gasteiger partial charge in [0.05, 0.1) is 25.2 Å². The van der Waals surface area contributed by atoms with Crippen LogP contribution in [0.3, 0.4) is 0 Å². The quantitative estimate of drug-likeness (QED) is 0.0244. The molecule has 0 fully saturated rings. The number of ether oxygens (including phenoxy) is 1. The summed E-state index contributed by atoms with van der Waals surface area (Å²) in [5.41, 5.74) is 0. The Bertz CT molecular complexity index is 1420. The first kappa shape index (κ1) is 66.5. The number of amides is 1. The molecular formula is C64H109NO5. The first-order valence-electron chi connectivity index (χ1n) is 29.2. The Morgan fingerprint density at radius 1 is 0.443 bits per heavy atom. The molecule has 0 aromatic rings. The lowest BCUT2D eigenvalue weighted by molar-refractivity contribution is -0.151. The molecule has 0 heterocycles. The molecule has 0 saturated carbocycles. The summed E-state index contributed by atoms with van der Waals surface area (Å²) in [6, 6.07) is -0.730. The maximum absolute atomic E-state index is 13.3. The van der Waals surface area contributed by atoms with Crippen LogP contribution in [0.15, 0.2) is 109 Å². The van der Waals surface area contributed by atoms with Gasteiger partial charge in [0.25, 0.3) is 0 Å². The third-order valence-electron chi connectivity index (χ3n) is 12.7. The molecule has 0 bridgehead atoms. The van der Waals surface area contributed by atoms with Crippen molar-refractivity contribution in [2.45, 2.75) is 277 Å². The van der Waals surface area contributed by atoms with Gasteiger partial charge in [-0.3, -0.25) is 9.59 Å². The molecule has 0 saturated heterocycles. The summed E-state index contributed by atoms with van der Waals surface area (Å²) in [5.74, 6) is -0.554. The zero-order valence-corrected chi connectivity index (χ0v) is 45.6. The molecule has 0 radical (unpaired) electrons. The largest absolute Gasteiger partial charge is 0.462 e. The molecule has 0 rings (SSSR count). The zero-order valence-electron chi connectivity index (χ0n) is 45.6. The van der Waals surface area contributed by atoms with Gasteiger partial charge in [-0.1, -0.05) is 259 Å². The van der Waals surface area contributed by atoms with Crippen LogP contribution < -0.4 is 5.32 Å². The second-order valence-corrected chi connectivity index (χ2v) is 19.4.